The minimum absolute atomic E-state index is 0.104. The van der Waals surface area contributed by atoms with E-state index in [1.54, 1.807) is 0 Å². The van der Waals surface area contributed by atoms with Crippen molar-refractivity contribution in [3.8, 4) is 0 Å². The van der Waals surface area contributed by atoms with E-state index in [9.17, 15) is 4.79 Å². The summed E-state index contributed by atoms with van der Waals surface area (Å²) in [4.78, 5) is 22.3. The van der Waals surface area contributed by atoms with E-state index in [0.29, 0.717) is 11.7 Å². The Morgan fingerprint density at radius 2 is 2.14 bits per heavy atom. The van der Waals surface area contributed by atoms with Gasteiger partial charge in [0.2, 0.25) is 5.82 Å². The summed E-state index contributed by atoms with van der Waals surface area (Å²) in [6.07, 6.45) is 2.63. The van der Waals surface area contributed by atoms with Crippen LogP contribution in [0.1, 0.15) is 36.1 Å². The third-order valence-corrected chi connectivity index (χ3v) is 3.62. The zero-order valence-corrected chi connectivity index (χ0v) is 13.1. The molecule has 1 atom stereocenters. The Morgan fingerprint density at radius 1 is 1.43 bits per heavy atom. The normalized spacial score (nSPS) is 16.7. The summed E-state index contributed by atoms with van der Waals surface area (Å²) in [5.41, 5.74) is 0.750. The molecule has 0 spiro atoms. The van der Waals surface area contributed by atoms with Gasteiger partial charge in [0.25, 0.3) is 0 Å². The predicted octanol–water partition coefficient (Wildman–Crippen LogP) is 1.72. The zero-order chi connectivity index (χ0) is 15.2. The van der Waals surface area contributed by atoms with E-state index in [2.05, 4.69) is 31.8 Å². The van der Waals surface area contributed by atoms with E-state index in [1.807, 2.05) is 13.0 Å². The Morgan fingerprint density at radius 3 is 2.81 bits per heavy atom. The van der Waals surface area contributed by atoms with Crippen LogP contribution in [0.25, 0.3) is 0 Å². The summed E-state index contributed by atoms with van der Waals surface area (Å²) in [6.45, 7) is 8.41. The highest BCUT2D eigenvalue weighted by molar-refractivity contribution is 5.85. The van der Waals surface area contributed by atoms with Crippen LogP contribution in [0, 0.1) is 12.8 Å². The van der Waals surface area contributed by atoms with Gasteiger partial charge in [0.15, 0.2) is 0 Å². The second-order valence-electron chi connectivity index (χ2n) is 5.70. The molecule has 0 radical (unpaired) electrons. The quantitative estimate of drug-likeness (QED) is 0.805. The fourth-order valence-electron chi connectivity index (χ4n) is 2.59. The third-order valence-electron chi connectivity index (χ3n) is 3.62. The maximum absolute atomic E-state index is 11.5. The van der Waals surface area contributed by atoms with Gasteiger partial charge in [-0.2, -0.15) is 0 Å². The molecule has 0 saturated carbocycles. The Balaban J connectivity index is 1.89. The van der Waals surface area contributed by atoms with E-state index in [1.165, 1.54) is 33.0 Å². The lowest BCUT2D eigenvalue weighted by Crippen LogP contribution is -2.29. The first-order valence-corrected chi connectivity index (χ1v) is 7.48. The molecule has 6 nitrogen and oxygen atoms in total. The number of rotatable bonds is 6. The first-order chi connectivity index (χ1) is 10.1. The average molecular weight is 292 g/mol. The molecule has 1 aliphatic rings. The maximum Gasteiger partial charge on any atom is 0.376 e. The van der Waals surface area contributed by atoms with E-state index in [4.69, 9.17) is 0 Å². The molecule has 0 aromatic carbocycles. The molecule has 1 unspecified atom stereocenters. The molecule has 1 aliphatic heterocycles. The Kier molecular flexibility index (Phi) is 5.50. The molecule has 1 N–H and O–H groups in total. The van der Waals surface area contributed by atoms with Crippen LogP contribution in [0.2, 0.25) is 0 Å². The number of hydrogen-bond acceptors (Lipinski definition) is 6. The summed E-state index contributed by atoms with van der Waals surface area (Å²) >= 11 is 0. The molecule has 2 rings (SSSR count). The van der Waals surface area contributed by atoms with E-state index in [0.717, 1.165) is 18.8 Å². The largest absolute Gasteiger partial charge is 0.463 e. The number of nitrogens with one attached hydrogen (secondary N) is 1. The van der Waals surface area contributed by atoms with Crippen molar-refractivity contribution in [3.63, 3.8) is 0 Å². The van der Waals surface area contributed by atoms with Crippen molar-refractivity contribution >= 4 is 11.8 Å². The van der Waals surface area contributed by atoms with Crippen LogP contribution in [0.3, 0.4) is 0 Å². The van der Waals surface area contributed by atoms with Gasteiger partial charge in [-0.1, -0.05) is 6.92 Å². The van der Waals surface area contributed by atoms with Gasteiger partial charge in [0, 0.05) is 24.8 Å². The molecule has 6 heteroatoms. The van der Waals surface area contributed by atoms with Crippen LogP contribution in [0.15, 0.2) is 6.07 Å². The van der Waals surface area contributed by atoms with Crippen LogP contribution in [-0.2, 0) is 4.74 Å². The molecule has 1 aromatic heterocycles. The van der Waals surface area contributed by atoms with Gasteiger partial charge in [-0.15, -0.1) is 0 Å². The van der Waals surface area contributed by atoms with Gasteiger partial charge in [0.1, 0.15) is 5.82 Å². The number of carbonyl (C=O) groups excluding carboxylic acids is 1. The SMILES string of the molecule is COC(=O)c1nc(C)cc(NCC(C)CN2CCCC2)n1. The number of ether oxygens (including phenoxy) is 1. The highest BCUT2D eigenvalue weighted by Gasteiger charge is 2.15. The topological polar surface area (TPSA) is 67.3 Å². The van der Waals surface area contributed by atoms with Crippen LogP contribution in [-0.4, -0.2) is 54.1 Å². The standard InChI is InChI=1S/C15H24N4O2/c1-11(10-19-6-4-5-7-19)9-16-13-8-12(2)17-14(18-13)15(20)21-3/h8,11H,4-7,9-10H2,1-3H3,(H,16,17,18). The van der Waals surface area contributed by atoms with E-state index >= 15 is 0 Å². The molecule has 1 saturated heterocycles. The molecule has 1 fully saturated rings. The second kappa shape index (κ2) is 7.36. The van der Waals surface area contributed by atoms with Gasteiger partial charge < -0.3 is 15.0 Å². The minimum atomic E-state index is -0.508. The fraction of sp³-hybridized carbons (Fsp3) is 0.667. The van der Waals surface area contributed by atoms with Crippen molar-refractivity contribution < 1.29 is 9.53 Å². The lowest BCUT2D eigenvalue weighted by Gasteiger charge is -2.20. The summed E-state index contributed by atoms with van der Waals surface area (Å²) < 4.78 is 4.66. The van der Waals surface area contributed by atoms with Gasteiger partial charge in [-0.3, -0.25) is 0 Å². The number of esters is 1. The lowest BCUT2D eigenvalue weighted by atomic mass is 10.1. The maximum atomic E-state index is 11.5. The Bertz CT molecular complexity index is 487. The number of methoxy groups -OCH3 is 1. The number of aryl methyl sites for hydroxylation is 1. The van der Waals surface area contributed by atoms with Crippen molar-refractivity contribution in [3.05, 3.63) is 17.6 Å². The monoisotopic (exact) mass is 292 g/mol. The number of anilines is 1. The second-order valence-corrected chi connectivity index (χ2v) is 5.70. The predicted molar refractivity (Wildman–Crippen MR) is 81.4 cm³/mol. The molecule has 116 valence electrons. The van der Waals surface area contributed by atoms with Crippen LogP contribution >= 0.6 is 0 Å². The fourth-order valence-corrected chi connectivity index (χ4v) is 2.59. The van der Waals surface area contributed by atoms with Gasteiger partial charge in [0.05, 0.1) is 7.11 Å². The number of likely N-dealkylation sites (tertiary alicyclic amines) is 1. The summed E-state index contributed by atoms with van der Waals surface area (Å²) in [6, 6.07) is 1.84. The zero-order valence-electron chi connectivity index (χ0n) is 13.1. The Hall–Kier alpha value is -1.69. The van der Waals surface area contributed by atoms with E-state index < -0.39 is 5.97 Å². The minimum Gasteiger partial charge on any atom is -0.463 e. The number of aromatic nitrogens is 2. The van der Waals surface area contributed by atoms with Crippen molar-refractivity contribution in [2.45, 2.75) is 26.7 Å². The molecule has 0 amide bonds. The first-order valence-electron chi connectivity index (χ1n) is 7.48. The molecule has 0 bridgehead atoms. The molecular formula is C15H24N4O2. The molecule has 2 heterocycles. The Labute approximate surface area is 125 Å². The smallest absolute Gasteiger partial charge is 0.376 e. The highest BCUT2D eigenvalue weighted by Crippen LogP contribution is 2.12. The van der Waals surface area contributed by atoms with Crippen molar-refractivity contribution in [1.82, 2.24) is 14.9 Å². The van der Waals surface area contributed by atoms with Crippen molar-refractivity contribution in [2.24, 2.45) is 5.92 Å². The summed E-state index contributed by atoms with van der Waals surface area (Å²) in [7, 11) is 1.33. The van der Waals surface area contributed by atoms with E-state index in [-0.39, 0.29) is 5.82 Å². The number of hydrogen-bond donors (Lipinski definition) is 1. The molecular weight excluding hydrogens is 268 g/mol. The molecule has 21 heavy (non-hydrogen) atoms. The van der Waals surface area contributed by atoms with Crippen LogP contribution in [0.5, 0.6) is 0 Å². The molecule has 1 aromatic rings. The van der Waals surface area contributed by atoms with Gasteiger partial charge in [-0.25, -0.2) is 14.8 Å². The third kappa shape index (κ3) is 4.67. The number of nitrogens with zero attached hydrogens (tertiary/aromatic N) is 3. The number of carbonyl (C=O) groups is 1. The van der Waals surface area contributed by atoms with Crippen molar-refractivity contribution in [1.29, 1.82) is 0 Å². The summed E-state index contributed by atoms with van der Waals surface area (Å²) in [5.74, 6) is 0.801. The average Bonchev–Trinajstić information content (AvgIpc) is 2.96. The lowest BCUT2D eigenvalue weighted by molar-refractivity contribution is 0.0586. The van der Waals surface area contributed by atoms with Crippen molar-refractivity contribution in [2.75, 3.05) is 38.6 Å². The van der Waals surface area contributed by atoms with Crippen LogP contribution < -0.4 is 5.32 Å². The molecule has 0 aliphatic carbocycles. The van der Waals surface area contributed by atoms with Gasteiger partial charge >= 0.3 is 5.97 Å². The highest BCUT2D eigenvalue weighted by atomic mass is 16.5. The van der Waals surface area contributed by atoms with Gasteiger partial charge in [-0.05, 0) is 38.8 Å². The summed E-state index contributed by atoms with van der Waals surface area (Å²) in [5, 5.41) is 3.29. The van der Waals surface area contributed by atoms with Crippen LogP contribution in [0.4, 0.5) is 5.82 Å². The first kappa shape index (κ1) is 15.7.